The minimum Gasteiger partial charge on any atom is -0.391 e. The summed E-state index contributed by atoms with van der Waals surface area (Å²) in [7, 11) is 0. The summed E-state index contributed by atoms with van der Waals surface area (Å²) in [6, 6.07) is 0. The van der Waals surface area contributed by atoms with Gasteiger partial charge >= 0.3 is 0 Å². The molecule has 0 atom stereocenters. The van der Waals surface area contributed by atoms with E-state index in [1.807, 2.05) is 0 Å². The molecule has 0 unspecified atom stereocenters. The average molecular weight is 127 g/mol. The monoisotopic (exact) mass is 127 g/mol. The molecular formula is C8H17N. The summed E-state index contributed by atoms with van der Waals surface area (Å²) in [5.74, 6) is 0.822. The fourth-order valence-corrected chi connectivity index (χ4v) is 0.827. The summed E-state index contributed by atoms with van der Waals surface area (Å²) in [6.45, 7) is 9.11. The molecule has 0 spiro atoms. The standard InChI is InChI=1S/C8H17N/c1-4-8(5-2)7-9-6-3/h6,8-9H,3-5,7H2,1-2H3. The summed E-state index contributed by atoms with van der Waals surface area (Å²) in [4.78, 5) is 0. The molecule has 0 aliphatic heterocycles. The van der Waals surface area contributed by atoms with Gasteiger partial charge < -0.3 is 5.32 Å². The fourth-order valence-electron chi connectivity index (χ4n) is 0.827. The van der Waals surface area contributed by atoms with Gasteiger partial charge in [-0.25, -0.2) is 0 Å². The van der Waals surface area contributed by atoms with Crippen molar-refractivity contribution in [1.29, 1.82) is 0 Å². The lowest BCUT2D eigenvalue weighted by molar-refractivity contribution is 0.478. The van der Waals surface area contributed by atoms with Crippen molar-refractivity contribution in [1.82, 2.24) is 5.32 Å². The molecule has 0 aliphatic rings. The molecule has 0 aliphatic carbocycles. The third kappa shape index (κ3) is 4.07. The van der Waals surface area contributed by atoms with E-state index < -0.39 is 0 Å². The van der Waals surface area contributed by atoms with E-state index in [0.717, 1.165) is 12.5 Å². The molecule has 0 saturated carbocycles. The quantitative estimate of drug-likeness (QED) is 0.596. The summed E-state index contributed by atoms with van der Waals surface area (Å²) in [5, 5.41) is 3.11. The van der Waals surface area contributed by atoms with Crippen molar-refractivity contribution in [2.24, 2.45) is 5.92 Å². The zero-order valence-electron chi connectivity index (χ0n) is 6.48. The molecule has 0 aromatic rings. The molecule has 1 heteroatoms. The molecule has 9 heavy (non-hydrogen) atoms. The zero-order chi connectivity index (χ0) is 7.11. The molecule has 0 heterocycles. The summed E-state index contributed by atoms with van der Waals surface area (Å²) in [6.07, 6.45) is 4.28. The maximum atomic E-state index is 3.59. The maximum Gasteiger partial charge on any atom is 0.0169 e. The van der Waals surface area contributed by atoms with E-state index in [0.29, 0.717) is 0 Å². The van der Waals surface area contributed by atoms with Crippen molar-refractivity contribution < 1.29 is 0 Å². The van der Waals surface area contributed by atoms with E-state index in [9.17, 15) is 0 Å². The predicted molar refractivity (Wildman–Crippen MR) is 42.3 cm³/mol. The summed E-state index contributed by atoms with van der Waals surface area (Å²) < 4.78 is 0. The zero-order valence-corrected chi connectivity index (χ0v) is 6.48. The van der Waals surface area contributed by atoms with Crippen LogP contribution in [-0.2, 0) is 0 Å². The molecule has 0 saturated heterocycles. The molecule has 0 bridgehead atoms. The van der Waals surface area contributed by atoms with E-state index in [1.165, 1.54) is 12.8 Å². The second kappa shape index (κ2) is 5.67. The van der Waals surface area contributed by atoms with Crippen LogP contribution in [0.2, 0.25) is 0 Å². The van der Waals surface area contributed by atoms with Crippen molar-refractivity contribution in [3.63, 3.8) is 0 Å². The maximum absolute atomic E-state index is 3.59. The van der Waals surface area contributed by atoms with Crippen LogP contribution in [0.3, 0.4) is 0 Å². The SMILES string of the molecule is C=CNCC(CC)CC. The van der Waals surface area contributed by atoms with Gasteiger partial charge in [0.25, 0.3) is 0 Å². The van der Waals surface area contributed by atoms with Gasteiger partial charge in [0.1, 0.15) is 0 Å². The van der Waals surface area contributed by atoms with E-state index in [1.54, 1.807) is 6.20 Å². The van der Waals surface area contributed by atoms with Gasteiger partial charge in [0.2, 0.25) is 0 Å². The molecule has 1 nitrogen and oxygen atoms in total. The van der Waals surface area contributed by atoms with Gasteiger partial charge in [0.15, 0.2) is 0 Å². The van der Waals surface area contributed by atoms with E-state index in [2.05, 4.69) is 25.7 Å². The Morgan fingerprint density at radius 3 is 2.33 bits per heavy atom. The van der Waals surface area contributed by atoms with Gasteiger partial charge in [0, 0.05) is 6.54 Å². The van der Waals surface area contributed by atoms with E-state index in [-0.39, 0.29) is 0 Å². The molecule has 0 radical (unpaired) electrons. The van der Waals surface area contributed by atoms with E-state index in [4.69, 9.17) is 0 Å². The molecule has 0 fully saturated rings. The van der Waals surface area contributed by atoms with Gasteiger partial charge in [-0.3, -0.25) is 0 Å². The van der Waals surface area contributed by atoms with Crippen LogP contribution in [0.1, 0.15) is 26.7 Å². The highest BCUT2D eigenvalue weighted by Crippen LogP contribution is 2.04. The normalized spacial score (nSPS) is 9.67. The Hall–Kier alpha value is -0.460. The minimum absolute atomic E-state index is 0.822. The van der Waals surface area contributed by atoms with Gasteiger partial charge in [-0.15, -0.1) is 0 Å². The summed E-state index contributed by atoms with van der Waals surface area (Å²) in [5.41, 5.74) is 0. The van der Waals surface area contributed by atoms with Crippen LogP contribution >= 0.6 is 0 Å². The minimum atomic E-state index is 0.822. The molecule has 0 amide bonds. The van der Waals surface area contributed by atoms with Gasteiger partial charge in [-0.1, -0.05) is 33.3 Å². The topological polar surface area (TPSA) is 12.0 Å². The first-order valence-corrected chi connectivity index (χ1v) is 3.69. The largest absolute Gasteiger partial charge is 0.391 e. The van der Waals surface area contributed by atoms with Crippen molar-refractivity contribution in [2.75, 3.05) is 6.54 Å². The molecule has 0 aromatic heterocycles. The van der Waals surface area contributed by atoms with Gasteiger partial charge in [0.05, 0.1) is 0 Å². The highest BCUT2D eigenvalue weighted by molar-refractivity contribution is 4.66. The first-order valence-electron chi connectivity index (χ1n) is 3.69. The lowest BCUT2D eigenvalue weighted by Gasteiger charge is -2.10. The van der Waals surface area contributed by atoms with Crippen LogP contribution in [0, 0.1) is 5.92 Å². The van der Waals surface area contributed by atoms with Gasteiger partial charge in [-0.2, -0.15) is 0 Å². The first-order chi connectivity index (χ1) is 4.35. The smallest absolute Gasteiger partial charge is 0.0169 e. The van der Waals surface area contributed by atoms with Crippen LogP contribution < -0.4 is 5.32 Å². The molecule has 1 N–H and O–H groups in total. The van der Waals surface area contributed by atoms with Crippen LogP contribution in [0.25, 0.3) is 0 Å². The first kappa shape index (κ1) is 8.54. The highest BCUT2D eigenvalue weighted by Gasteiger charge is 1.98. The molecule has 54 valence electrons. The Morgan fingerprint density at radius 1 is 1.44 bits per heavy atom. The van der Waals surface area contributed by atoms with Crippen molar-refractivity contribution in [3.8, 4) is 0 Å². The van der Waals surface area contributed by atoms with E-state index >= 15 is 0 Å². The Bertz CT molecular complexity index is 65.0. The highest BCUT2D eigenvalue weighted by atomic mass is 14.8. The average Bonchev–Trinajstić information content (AvgIpc) is 1.91. The second-order valence-corrected chi connectivity index (χ2v) is 2.29. The lowest BCUT2D eigenvalue weighted by Crippen LogP contribution is -2.16. The Morgan fingerprint density at radius 2 is 2.00 bits per heavy atom. The van der Waals surface area contributed by atoms with Crippen LogP contribution in [0.15, 0.2) is 12.8 Å². The molecule has 0 aromatic carbocycles. The molecular weight excluding hydrogens is 110 g/mol. The van der Waals surface area contributed by atoms with Crippen LogP contribution in [0.4, 0.5) is 0 Å². The lowest BCUT2D eigenvalue weighted by atomic mass is 10.0. The van der Waals surface area contributed by atoms with Crippen molar-refractivity contribution in [3.05, 3.63) is 12.8 Å². The second-order valence-electron chi connectivity index (χ2n) is 2.29. The van der Waals surface area contributed by atoms with Gasteiger partial charge in [-0.05, 0) is 12.1 Å². The summed E-state index contributed by atoms with van der Waals surface area (Å²) >= 11 is 0. The molecule has 0 rings (SSSR count). The Labute approximate surface area is 58.2 Å². The third-order valence-electron chi connectivity index (χ3n) is 1.71. The van der Waals surface area contributed by atoms with Crippen LogP contribution in [-0.4, -0.2) is 6.54 Å². The Balaban J connectivity index is 3.19. The number of rotatable bonds is 5. The number of hydrogen-bond acceptors (Lipinski definition) is 1. The number of nitrogens with one attached hydrogen (secondary N) is 1. The number of hydrogen-bond donors (Lipinski definition) is 1. The Kier molecular flexibility index (Phi) is 5.38. The van der Waals surface area contributed by atoms with Crippen LogP contribution in [0.5, 0.6) is 0 Å². The van der Waals surface area contributed by atoms with Crippen molar-refractivity contribution >= 4 is 0 Å². The predicted octanol–water partition coefficient (Wildman–Crippen LogP) is 2.16. The fraction of sp³-hybridized carbons (Fsp3) is 0.750. The van der Waals surface area contributed by atoms with Crippen molar-refractivity contribution in [2.45, 2.75) is 26.7 Å². The third-order valence-corrected chi connectivity index (χ3v) is 1.71.